The first kappa shape index (κ1) is 14.3. The summed E-state index contributed by atoms with van der Waals surface area (Å²) in [7, 11) is 0. The molecular weight excluding hydrogens is 330 g/mol. The van der Waals surface area contributed by atoms with E-state index in [1.165, 1.54) is 4.90 Å². The van der Waals surface area contributed by atoms with Gasteiger partial charge in [-0.15, -0.1) is 0 Å². The number of likely N-dealkylation sites (tertiary alicyclic amines) is 1. The van der Waals surface area contributed by atoms with Gasteiger partial charge in [0.1, 0.15) is 0 Å². The lowest BCUT2D eigenvalue weighted by molar-refractivity contribution is -0.0494. The molecular formula is C12H10BrF4NO. The van der Waals surface area contributed by atoms with Crippen LogP contribution in [0.3, 0.4) is 0 Å². The first-order valence-corrected chi connectivity index (χ1v) is 6.41. The van der Waals surface area contributed by atoms with Crippen molar-refractivity contribution < 1.29 is 22.4 Å². The van der Waals surface area contributed by atoms with Gasteiger partial charge in [0.2, 0.25) is 0 Å². The Morgan fingerprint density at radius 1 is 1.21 bits per heavy atom. The summed E-state index contributed by atoms with van der Waals surface area (Å²) in [5.74, 6) is -5.57. The fraction of sp³-hybridized carbons (Fsp3) is 0.417. The molecule has 1 aromatic carbocycles. The van der Waals surface area contributed by atoms with Crippen LogP contribution in [0.4, 0.5) is 17.6 Å². The summed E-state index contributed by atoms with van der Waals surface area (Å²) in [6.07, 6.45) is -0.826. The van der Waals surface area contributed by atoms with E-state index in [1.807, 2.05) is 0 Å². The van der Waals surface area contributed by atoms with Crippen LogP contribution in [-0.2, 0) is 0 Å². The monoisotopic (exact) mass is 339 g/mol. The number of alkyl halides is 2. The number of piperidine rings is 1. The lowest BCUT2D eigenvalue weighted by Crippen LogP contribution is -2.42. The maximum atomic E-state index is 13.2. The van der Waals surface area contributed by atoms with Gasteiger partial charge in [0, 0.05) is 31.5 Å². The third kappa shape index (κ3) is 3.08. The fourth-order valence-corrected chi connectivity index (χ4v) is 2.33. The van der Waals surface area contributed by atoms with Crippen LogP contribution in [-0.4, -0.2) is 29.8 Å². The fourth-order valence-electron chi connectivity index (χ4n) is 1.90. The average Bonchev–Trinajstić information content (AvgIpc) is 2.34. The summed E-state index contributed by atoms with van der Waals surface area (Å²) in [6, 6.07) is 1.92. The summed E-state index contributed by atoms with van der Waals surface area (Å²) in [5.41, 5.74) is -0.0593. The molecule has 0 spiro atoms. The van der Waals surface area contributed by atoms with E-state index in [0.717, 1.165) is 12.1 Å². The van der Waals surface area contributed by atoms with Gasteiger partial charge < -0.3 is 4.90 Å². The lowest BCUT2D eigenvalue weighted by Gasteiger charge is -2.31. The van der Waals surface area contributed by atoms with Gasteiger partial charge in [0.25, 0.3) is 11.8 Å². The first-order valence-electron chi connectivity index (χ1n) is 5.62. The van der Waals surface area contributed by atoms with Crippen molar-refractivity contribution in [3.05, 3.63) is 33.8 Å². The molecule has 104 valence electrons. The maximum Gasteiger partial charge on any atom is 0.254 e. The molecule has 7 heteroatoms. The van der Waals surface area contributed by atoms with Gasteiger partial charge in [-0.3, -0.25) is 4.79 Å². The standard InChI is InChI=1S/C12H10BrF4NO/c13-8-5-7(6-9(14)10(8)15)11(19)18-3-1-12(16,17)2-4-18/h5-6H,1-4H2. The Morgan fingerprint density at radius 3 is 2.32 bits per heavy atom. The number of nitrogens with zero attached hydrogens (tertiary/aromatic N) is 1. The van der Waals surface area contributed by atoms with Crippen LogP contribution >= 0.6 is 15.9 Å². The molecule has 1 aliphatic heterocycles. The van der Waals surface area contributed by atoms with Crippen molar-refractivity contribution in [1.29, 1.82) is 0 Å². The van der Waals surface area contributed by atoms with Gasteiger partial charge in [-0.1, -0.05) is 0 Å². The van der Waals surface area contributed by atoms with Gasteiger partial charge in [0.15, 0.2) is 11.6 Å². The molecule has 1 aliphatic rings. The molecule has 0 atom stereocenters. The Labute approximate surface area is 115 Å². The van der Waals surface area contributed by atoms with Crippen LogP contribution < -0.4 is 0 Å². The molecule has 0 N–H and O–H groups in total. The molecule has 1 saturated heterocycles. The van der Waals surface area contributed by atoms with E-state index < -0.39 is 36.3 Å². The molecule has 0 unspecified atom stereocenters. The zero-order valence-corrected chi connectivity index (χ0v) is 11.3. The Morgan fingerprint density at radius 2 is 1.79 bits per heavy atom. The second-order valence-corrected chi connectivity index (χ2v) is 5.26. The minimum Gasteiger partial charge on any atom is -0.338 e. The number of carbonyl (C=O) groups excluding carboxylic acids is 1. The normalized spacial score (nSPS) is 18.5. The van der Waals surface area contributed by atoms with Crippen LogP contribution in [0.25, 0.3) is 0 Å². The number of benzene rings is 1. The number of rotatable bonds is 1. The predicted molar refractivity (Wildman–Crippen MR) is 64.1 cm³/mol. The quantitative estimate of drug-likeness (QED) is 0.565. The molecule has 19 heavy (non-hydrogen) atoms. The van der Waals surface area contributed by atoms with E-state index in [0.29, 0.717) is 0 Å². The van der Waals surface area contributed by atoms with E-state index in [2.05, 4.69) is 15.9 Å². The molecule has 2 nitrogen and oxygen atoms in total. The van der Waals surface area contributed by atoms with Crippen molar-refractivity contribution in [1.82, 2.24) is 4.90 Å². The summed E-state index contributed by atoms with van der Waals surface area (Å²) < 4.78 is 52.0. The summed E-state index contributed by atoms with van der Waals surface area (Å²) in [5, 5.41) is 0. The number of amides is 1. The molecule has 1 heterocycles. The van der Waals surface area contributed by atoms with Crippen molar-refractivity contribution in [3.8, 4) is 0 Å². The van der Waals surface area contributed by atoms with Crippen molar-refractivity contribution in [2.45, 2.75) is 18.8 Å². The zero-order valence-electron chi connectivity index (χ0n) is 9.73. The summed E-state index contributed by atoms with van der Waals surface area (Å²) in [4.78, 5) is 13.2. The molecule has 1 amide bonds. The Bertz CT molecular complexity index is 487. The van der Waals surface area contributed by atoms with Crippen LogP contribution in [0.5, 0.6) is 0 Å². The smallest absolute Gasteiger partial charge is 0.254 e. The van der Waals surface area contributed by atoms with E-state index in [9.17, 15) is 22.4 Å². The Hall–Kier alpha value is -1.11. The highest BCUT2D eigenvalue weighted by Crippen LogP contribution is 2.29. The molecule has 2 rings (SSSR count). The Kier molecular flexibility index (Phi) is 3.85. The van der Waals surface area contributed by atoms with Gasteiger partial charge in [-0.25, -0.2) is 17.6 Å². The van der Waals surface area contributed by atoms with E-state index >= 15 is 0 Å². The van der Waals surface area contributed by atoms with Crippen molar-refractivity contribution in [2.24, 2.45) is 0 Å². The number of hydrogen-bond acceptors (Lipinski definition) is 1. The highest BCUT2D eigenvalue weighted by atomic mass is 79.9. The van der Waals surface area contributed by atoms with Crippen LogP contribution in [0.15, 0.2) is 16.6 Å². The summed E-state index contributed by atoms with van der Waals surface area (Å²) >= 11 is 2.80. The minimum absolute atomic E-state index is 0.0593. The Balaban J connectivity index is 2.17. The second-order valence-electron chi connectivity index (χ2n) is 4.40. The van der Waals surface area contributed by atoms with Crippen LogP contribution in [0.1, 0.15) is 23.2 Å². The maximum absolute atomic E-state index is 13.2. The largest absolute Gasteiger partial charge is 0.338 e. The number of carbonyl (C=O) groups is 1. The molecule has 0 saturated carbocycles. The lowest BCUT2D eigenvalue weighted by atomic mass is 10.1. The van der Waals surface area contributed by atoms with Crippen molar-refractivity contribution in [2.75, 3.05) is 13.1 Å². The van der Waals surface area contributed by atoms with Crippen LogP contribution in [0, 0.1) is 11.6 Å². The molecule has 0 aromatic heterocycles. The van der Waals surface area contributed by atoms with Gasteiger partial charge in [-0.2, -0.15) is 0 Å². The molecule has 0 aliphatic carbocycles. The van der Waals surface area contributed by atoms with E-state index in [-0.39, 0.29) is 23.1 Å². The number of hydrogen-bond donors (Lipinski definition) is 0. The van der Waals surface area contributed by atoms with Crippen LogP contribution in [0.2, 0.25) is 0 Å². The van der Waals surface area contributed by atoms with Gasteiger partial charge in [0.05, 0.1) is 4.47 Å². The SMILES string of the molecule is O=C(c1cc(F)c(F)c(Br)c1)N1CCC(F)(F)CC1. The molecule has 1 aromatic rings. The summed E-state index contributed by atoms with van der Waals surface area (Å²) in [6.45, 7) is -0.190. The first-order chi connectivity index (χ1) is 8.80. The average molecular weight is 340 g/mol. The topological polar surface area (TPSA) is 20.3 Å². The predicted octanol–water partition coefficient (Wildman–Crippen LogP) is 3.60. The van der Waals surface area contributed by atoms with Gasteiger partial charge >= 0.3 is 0 Å². The van der Waals surface area contributed by atoms with Crippen molar-refractivity contribution >= 4 is 21.8 Å². The highest BCUT2D eigenvalue weighted by Gasteiger charge is 2.35. The second kappa shape index (κ2) is 5.11. The van der Waals surface area contributed by atoms with E-state index in [1.54, 1.807) is 0 Å². The zero-order chi connectivity index (χ0) is 14.2. The van der Waals surface area contributed by atoms with Gasteiger partial charge in [-0.05, 0) is 28.1 Å². The van der Waals surface area contributed by atoms with Crippen molar-refractivity contribution in [3.63, 3.8) is 0 Å². The number of halogens is 5. The molecule has 0 radical (unpaired) electrons. The third-order valence-corrected chi connectivity index (χ3v) is 3.59. The third-order valence-electron chi connectivity index (χ3n) is 3.01. The van der Waals surface area contributed by atoms with E-state index in [4.69, 9.17) is 0 Å². The molecule has 0 bridgehead atoms. The molecule has 1 fully saturated rings. The highest BCUT2D eigenvalue weighted by molar-refractivity contribution is 9.10. The minimum atomic E-state index is -2.76.